The van der Waals surface area contributed by atoms with Crippen molar-refractivity contribution in [3.8, 4) is 0 Å². The largest absolute Gasteiger partial charge is 0.480 e. The van der Waals surface area contributed by atoms with Crippen molar-refractivity contribution < 1.29 is 48.8 Å². The highest BCUT2D eigenvalue weighted by Gasteiger charge is 2.21. The number of carbonyl (C=O) groups is 6. The van der Waals surface area contributed by atoms with Gasteiger partial charge < -0.3 is 25.4 Å². The molecule has 2 heterocycles. The Balaban J connectivity index is 1.68. The maximum atomic E-state index is 12.7. The van der Waals surface area contributed by atoms with E-state index in [0.29, 0.717) is 109 Å². The Kier molecular flexibility index (Phi) is 20.4. The molecule has 4 N–H and O–H groups in total. The van der Waals surface area contributed by atoms with Crippen LogP contribution < -0.4 is 5.32 Å². The molecule has 0 atom stereocenters. The molecular formula is C31H51N9O10. The molecule has 2 rings (SSSR count). The SMILES string of the molecule is Cc1nnc(CCC(=O)CCCC(=O)CCCOCCNC(=O)CN2CCN(CC(=O)O)CCN(CC(=O)O)CCN(CC(=O)O)CC2)nn1. The minimum Gasteiger partial charge on any atom is -0.480 e. The molecule has 0 radical (unpaired) electrons. The third-order valence-corrected chi connectivity index (χ3v) is 7.85. The van der Waals surface area contributed by atoms with E-state index in [1.807, 2.05) is 4.90 Å². The number of ether oxygens (including phenoxy) is 1. The number of hydrogen-bond donors (Lipinski definition) is 4. The first kappa shape index (κ1) is 42.1. The van der Waals surface area contributed by atoms with Gasteiger partial charge in [-0.05, 0) is 19.8 Å². The van der Waals surface area contributed by atoms with E-state index >= 15 is 0 Å². The predicted octanol–water partition coefficient (Wildman–Crippen LogP) is -1.80. The minimum atomic E-state index is -1.03. The molecule has 0 aromatic carbocycles. The lowest BCUT2D eigenvalue weighted by molar-refractivity contribution is -0.140. The molecule has 1 fully saturated rings. The van der Waals surface area contributed by atoms with Crippen molar-refractivity contribution in [2.45, 2.75) is 51.9 Å². The average Bonchev–Trinajstić information content (AvgIpc) is 3.04. The normalized spacial score (nSPS) is 15.9. The van der Waals surface area contributed by atoms with E-state index in [4.69, 9.17) is 4.74 Å². The van der Waals surface area contributed by atoms with Gasteiger partial charge in [-0.3, -0.25) is 48.4 Å². The molecule has 19 nitrogen and oxygen atoms in total. The molecule has 1 saturated heterocycles. The zero-order chi connectivity index (χ0) is 36.7. The Hall–Kier alpha value is -4.04. The quantitative estimate of drug-likeness (QED) is 0.0970. The molecule has 19 heteroatoms. The lowest BCUT2D eigenvalue weighted by Crippen LogP contribution is -2.50. The smallest absolute Gasteiger partial charge is 0.317 e. The third-order valence-electron chi connectivity index (χ3n) is 7.85. The number of Topliss-reactive ketones (excluding diaryl/α,β-unsaturated/α-hetero) is 2. The Morgan fingerprint density at radius 1 is 0.600 bits per heavy atom. The topological polar surface area (TPSA) is 249 Å². The third kappa shape index (κ3) is 20.5. The molecule has 0 unspecified atom stereocenters. The summed E-state index contributed by atoms with van der Waals surface area (Å²) < 4.78 is 5.55. The van der Waals surface area contributed by atoms with Crippen molar-refractivity contribution in [2.24, 2.45) is 0 Å². The van der Waals surface area contributed by atoms with E-state index < -0.39 is 17.9 Å². The van der Waals surface area contributed by atoms with Gasteiger partial charge in [0.25, 0.3) is 0 Å². The Bertz CT molecular complexity index is 1210. The lowest BCUT2D eigenvalue weighted by atomic mass is 10.1. The second kappa shape index (κ2) is 24.2. The maximum absolute atomic E-state index is 12.7. The Morgan fingerprint density at radius 3 is 1.48 bits per heavy atom. The maximum Gasteiger partial charge on any atom is 0.317 e. The van der Waals surface area contributed by atoms with E-state index in [1.165, 1.54) is 0 Å². The summed E-state index contributed by atoms with van der Waals surface area (Å²) in [4.78, 5) is 78.1. The van der Waals surface area contributed by atoms with Gasteiger partial charge in [0.15, 0.2) is 11.6 Å². The predicted molar refractivity (Wildman–Crippen MR) is 176 cm³/mol. The molecule has 1 aliphatic heterocycles. The summed E-state index contributed by atoms with van der Waals surface area (Å²) in [6.45, 7) is 4.29. The number of aromatic nitrogens is 4. The van der Waals surface area contributed by atoms with Crippen LogP contribution in [0.2, 0.25) is 0 Å². The monoisotopic (exact) mass is 709 g/mol. The summed E-state index contributed by atoms with van der Waals surface area (Å²) in [6, 6.07) is 0. The zero-order valence-electron chi connectivity index (χ0n) is 28.8. The summed E-state index contributed by atoms with van der Waals surface area (Å²) in [6.07, 6.45) is 2.59. The van der Waals surface area contributed by atoms with Crippen LogP contribution >= 0.6 is 0 Å². The number of ketones is 2. The molecule has 0 saturated carbocycles. The van der Waals surface area contributed by atoms with Crippen LogP contribution in [0, 0.1) is 6.92 Å². The molecule has 1 aromatic heterocycles. The van der Waals surface area contributed by atoms with Gasteiger partial charge in [0.2, 0.25) is 5.91 Å². The van der Waals surface area contributed by atoms with Crippen LogP contribution in [0.25, 0.3) is 0 Å². The number of nitrogens with zero attached hydrogens (tertiary/aromatic N) is 8. The molecule has 0 bridgehead atoms. The van der Waals surface area contributed by atoms with Crippen LogP contribution in [0.4, 0.5) is 0 Å². The van der Waals surface area contributed by atoms with Crippen LogP contribution in [0.1, 0.15) is 50.2 Å². The molecule has 1 amide bonds. The Labute approximate surface area is 291 Å². The van der Waals surface area contributed by atoms with Gasteiger partial charge in [0, 0.05) is 97.6 Å². The van der Waals surface area contributed by atoms with Gasteiger partial charge in [-0.15, -0.1) is 20.4 Å². The second-order valence-corrected chi connectivity index (χ2v) is 12.1. The highest BCUT2D eigenvalue weighted by molar-refractivity contribution is 5.81. The summed E-state index contributed by atoms with van der Waals surface area (Å²) in [5.74, 6) is -2.38. The molecule has 280 valence electrons. The van der Waals surface area contributed by atoms with Crippen LogP contribution in [0.3, 0.4) is 0 Å². The van der Waals surface area contributed by atoms with E-state index in [1.54, 1.807) is 21.6 Å². The number of aryl methyl sites for hydroxylation is 2. The molecular weight excluding hydrogens is 658 g/mol. The van der Waals surface area contributed by atoms with Crippen LogP contribution in [0.15, 0.2) is 0 Å². The number of carboxylic acid groups (broad SMARTS) is 3. The number of amides is 1. The van der Waals surface area contributed by atoms with Crippen molar-refractivity contribution in [1.82, 2.24) is 45.3 Å². The van der Waals surface area contributed by atoms with E-state index in [2.05, 4.69) is 25.7 Å². The minimum absolute atomic E-state index is 0.0120. The van der Waals surface area contributed by atoms with Gasteiger partial charge in [-0.1, -0.05) is 0 Å². The van der Waals surface area contributed by atoms with Crippen LogP contribution in [0.5, 0.6) is 0 Å². The summed E-state index contributed by atoms with van der Waals surface area (Å²) in [5, 5.41) is 46.2. The van der Waals surface area contributed by atoms with E-state index in [-0.39, 0.29) is 63.2 Å². The number of rotatable bonds is 22. The van der Waals surface area contributed by atoms with Gasteiger partial charge in [0.05, 0.1) is 32.8 Å². The highest BCUT2D eigenvalue weighted by atomic mass is 16.5. The number of aliphatic carboxylic acids is 3. The molecule has 1 aromatic rings. The summed E-state index contributed by atoms with van der Waals surface area (Å²) in [7, 11) is 0. The average molecular weight is 710 g/mol. The Morgan fingerprint density at radius 2 is 1.02 bits per heavy atom. The van der Waals surface area contributed by atoms with Gasteiger partial charge in [-0.25, -0.2) is 0 Å². The number of carbonyl (C=O) groups excluding carboxylic acids is 3. The summed E-state index contributed by atoms with van der Waals surface area (Å²) in [5.41, 5.74) is 0. The zero-order valence-corrected chi connectivity index (χ0v) is 28.8. The lowest BCUT2D eigenvalue weighted by Gasteiger charge is -2.32. The first-order chi connectivity index (χ1) is 23.9. The van der Waals surface area contributed by atoms with Crippen LogP contribution in [-0.4, -0.2) is 189 Å². The molecule has 0 aliphatic carbocycles. The molecule has 0 spiro atoms. The first-order valence-corrected chi connectivity index (χ1v) is 16.8. The number of carboxylic acids is 3. The molecule has 50 heavy (non-hydrogen) atoms. The van der Waals surface area contributed by atoms with Crippen molar-refractivity contribution in [3.63, 3.8) is 0 Å². The fourth-order valence-corrected chi connectivity index (χ4v) is 5.16. The van der Waals surface area contributed by atoms with Crippen molar-refractivity contribution in [1.29, 1.82) is 0 Å². The van der Waals surface area contributed by atoms with E-state index in [0.717, 1.165) is 0 Å². The highest BCUT2D eigenvalue weighted by Crippen LogP contribution is 2.06. The van der Waals surface area contributed by atoms with E-state index in [9.17, 15) is 44.1 Å². The van der Waals surface area contributed by atoms with Gasteiger partial charge in [0.1, 0.15) is 11.6 Å². The summed E-state index contributed by atoms with van der Waals surface area (Å²) >= 11 is 0. The first-order valence-electron chi connectivity index (χ1n) is 16.8. The number of hydrogen-bond acceptors (Lipinski definition) is 15. The standard InChI is InChI=1S/C31H51N9O10/c1-24-33-35-27(36-34-24)8-7-26(42)5-2-4-25(41)6-3-18-50-19-9-32-28(43)20-37-10-12-38(21-29(44)45)14-16-40(23-31(48)49)17-15-39(13-11-37)22-30(46)47/h2-23H2,1H3,(H,32,43)(H,44,45)(H,46,47)(H,48,49). The number of nitrogens with one attached hydrogen (secondary N) is 1. The fourth-order valence-electron chi connectivity index (χ4n) is 5.16. The van der Waals surface area contributed by atoms with Crippen molar-refractivity contribution in [2.75, 3.05) is 98.3 Å². The van der Waals surface area contributed by atoms with Gasteiger partial charge >= 0.3 is 17.9 Å². The van der Waals surface area contributed by atoms with Crippen LogP contribution in [-0.2, 0) is 39.9 Å². The molecule has 1 aliphatic rings. The van der Waals surface area contributed by atoms with Gasteiger partial charge in [-0.2, -0.15) is 0 Å². The second-order valence-electron chi connectivity index (χ2n) is 12.1. The van der Waals surface area contributed by atoms with Crippen molar-refractivity contribution >= 4 is 35.4 Å². The van der Waals surface area contributed by atoms with Crippen molar-refractivity contribution in [3.05, 3.63) is 11.6 Å². The fraction of sp³-hybridized carbons (Fsp3) is 0.742.